The van der Waals surface area contributed by atoms with E-state index >= 15 is 0 Å². The van der Waals surface area contributed by atoms with Gasteiger partial charge in [-0.25, -0.2) is 0 Å². The van der Waals surface area contributed by atoms with Crippen LogP contribution in [0.2, 0.25) is 0 Å². The van der Waals surface area contributed by atoms with Gasteiger partial charge in [-0.05, 0) is 62.5 Å². The molecule has 5 nitrogen and oxygen atoms in total. The molecule has 1 fully saturated rings. The summed E-state index contributed by atoms with van der Waals surface area (Å²) in [6.07, 6.45) is 4.20. The topological polar surface area (TPSA) is 71.3 Å². The quantitative estimate of drug-likeness (QED) is 0.909. The number of nitrogens with one attached hydrogen (secondary N) is 1. The number of primary amides is 1. The van der Waals surface area contributed by atoms with Crippen molar-refractivity contribution in [3.8, 4) is 5.75 Å². The molecule has 0 bridgehead atoms. The second-order valence-corrected chi connectivity index (χ2v) is 6.04. The van der Waals surface area contributed by atoms with Crippen LogP contribution in [0.4, 0.5) is 0 Å². The van der Waals surface area contributed by atoms with Crippen molar-refractivity contribution in [1.29, 1.82) is 0 Å². The summed E-state index contributed by atoms with van der Waals surface area (Å²) in [5.74, 6) is 1.15. The first-order valence-corrected chi connectivity index (χ1v) is 7.78. The number of H-pyrrole nitrogens is 1. The molecule has 1 atom stereocenters. The number of nitrogens with two attached hydrogens (primary N) is 1. The Morgan fingerprint density at radius 3 is 2.77 bits per heavy atom. The normalized spacial score (nSPS) is 18.5. The number of carbonyl (C=O) groups is 1. The molecule has 3 rings (SSSR count). The highest BCUT2D eigenvalue weighted by molar-refractivity contribution is 5.85. The van der Waals surface area contributed by atoms with Crippen LogP contribution in [0, 0.1) is 0 Å². The highest BCUT2D eigenvalue weighted by Gasteiger charge is 2.27. The Labute approximate surface area is 130 Å². The molecule has 5 heteroatoms. The number of methoxy groups -OCH3 is 1. The third-order valence-corrected chi connectivity index (χ3v) is 4.85. The maximum Gasteiger partial charge on any atom is 0.234 e. The van der Waals surface area contributed by atoms with E-state index in [0.29, 0.717) is 5.92 Å². The van der Waals surface area contributed by atoms with Crippen molar-refractivity contribution in [3.63, 3.8) is 0 Å². The second kappa shape index (κ2) is 6.01. The standard InChI is InChI=1S/C17H23N3O2/c1-11(17(18)21)20-7-5-12(6-8-20)15-10-19-16-4-3-13(22-2)9-14(15)16/h3-4,9-12,19H,5-8H2,1-2H3,(H2,18,21)/t11-/m0/s1. The van der Waals surface area contributed by atoms with Crippen LogP contribution in [0.5, 0.6) is 5.75 Å². The van der Waals surface area contributed by atoms with Crippen molar-refractivity contribution >= 4 is 16.8 Å². The summed E-state index contributed by atoms with van der Waals surface area (Å²) in [6.45, 7) is 3.70. The van der Waals surface area contributed by atoms with Gasteiger partial charge in [-0.1, -0.05) is 0 Å². The minimum Gasteiger partial charge on any atom is -0.497 e. The molecule has 118 valence electrons. The number of aromatic nitrogens is 1. The SMILES string of the molecule is COc1ccc2[nH]cc(C3CCN([C@@H](C)C(N)=O)CC3)c2c1. The van der Waals surface area contributed by atoms with Crippen LogP contribution >= 0.6 is 0 Å². The second-order valence-electron chi connectivity index (χ2n) is 6.04. The van der Waals surface area contributed by atoms with Crippen molar-refractivity contribution in [3.05, 3.63) is 30.0 Å². The molecule has 3 N–H and O–H groups in total. The molecule has 1 saturated heterocycles. The summed E-state index contributed by atoms with van der Waals surface area (Å²) in [7, 11) is 1.69. The number of nitrogens with zero attached hydrogens (tertiary/aromatic N) is 1. The predicted octanol–water partition coefficient (Wildman–Crippen LogP) is 2.23. The number of hydrogen-bond donors (Lipinski definition) is 2. The highest BCUT2D eigenvalue weighted by atomic mass is 16.5. The minimum absolute atomic E-state index is 0.177. The van der Waals surface area contributed by atoms with E-state index in [1.165, 1.54) is 10.9 Å². The Kier molecular flexibility index (Phi) is 4.07. The molecule has 1 aromatic carbocycles. The van der Waals surface area contributed by atoms with E-state index in [9.17, 15) is 4.79 Å². The number of fused-ring (bicyclic) bond motifs is 1. The lowest BCUT2D eigenvalue weighted by Gasteiger charge is -2.34. The van der Waals surface area contributed by atoms with Crippen LogP contribution in [0.1, 0.15) is 31.2 Å². The number of aromatic amines is 1. The molecule has 2 heterocycles. The molecule has 1 aromatic heterocycles. The fourth-order valence-electron chi connectivity index (χ4n) is 3.36. The van der Waals surface area contributed by atoms with Crippen LogP contribution in [0.15, 0.2) is 24.4 Å². The smallest absolute Gasteiger partial charge is 0.234 e. The number of rotatable bonds is 4. The van der Waals surface area contributed by atoms with Crippen molar-refractivity contribution in [2.75, 3.05) is 20.2 Å². The molecule has 22 heavy (non-hydrogen) atoms. The lowest BCUT2D eigenvalue weighted by atomic mass is 9.88. The third-order valence-electron chi connectivity index (χ3n) is 4.85. The van der Waals surface area contributed by atoms with Gasteiger partial charge in [-0.2, -0.15) is 0 Å². The summed E-state index contributed by atoms with van der Waals surface area (Å²) in [4.78, 5) is 16.8. The summed E-state index contributed by atoms with van der Waals surface area (Å²) in [5, 5.41) is 1.24. The van der Waals surface area contributed by atoms with Gasteiger partial charge in [0.2, 0.25) is 5.91 Å². The predicted molar refractivity (Wildman–Crippen MR) is 87.1 cm³/mol. The van der Waals surface area contributed by atoms with Gasteiger partial charge in [0, 0.05) is 17.1 Å². The van der Waals surface area contributed by atoms with E-state index in [1.54, 1.807) is 7.11 Å². The van der Waals surface area contributed by atoms with E-state index in [4.69, 9.17) is 10.5 Å². The maximum atomic E-state index is 11.3. The Balaban J connectivity index is 1.77. The fourth-order valence-corrected chi connectivity index (χ4v) is 3.36. The molecule has 0 unspecified atom stereocenters. The third kappa shape index (κ3) is 2.68. The number of likely N-dealkylation sites (tertiary alicyclic amines) is 1. The molecule has 0 saturated carbocycles. The molecule has 2 aromatic rings. The molecule has 1 aliphatic rings. The van der Waals surface area contributed by atoms with E-state index in [2.05, 4.69) is 28.2 Å². The van der Waals surface area contributed by atoms with Crippen molar-refractivity contribution in [2.45, 2.75) is 31.7 Å². The van der Waals surface area contributed by atoms with Gasteiger partial charge in [0.05, 0.1) is 13.2 Å². The van der Waals surface area contributed by atoms with Gasteiger partial charge in [0.1, 0.15) is 5.75 Å². The zero-order valence-corrected chi connectivity index (χ0v) is 13.1. The van der Waals surface area contributed by atoms with Crippen molar-refractivity contribution in [1.82, 2.24) is 9.88 Å². The first-order chi connectivity index (χ1) is 10.6. The molecule has 1 amide bonds. The first kappa shape index (κ1) is 14.9. The number of ether oxygens (including phenoxy) is 1. The average Bonchev–Trinajstić information content (AvgIpc) is 2.97. The molecule has 0 spiro atoms. The Morgan fingerprint density at radius 1 is 1.41 bits per heavy atom. The molecule has 0 radical (unpaired) electrons. The summed E-state index contributed by atoms with van der Waals surface area (Å²) < 4.78 is 5.34. The van der Waals surface area contributed by atoms with Crippen molar-refractivity contribution in [2.24, 2.45) is 5.73 Å². The maximum absolute atomic E-state index is 11.3. The van der Waals surface area contributed by atoms with Gasteiger partial charge in [-0.15, -0.1) is 0 Å². The van der Waals surface area contributed by atoms with Crippen LogP contribution in [-0.4, -0.2) is 42.0 Å². The lowest BCUT2D eigenvalue weighted by molar-refractivity contribution is -0.123. The zero-order valence-electron chi connectivity index (χ0n) is 13.1. The monoisotopic (exact) mass is 301 g/mol. The van der Waals surface area contributed by atoms with Crippen molar-refractivity contribution < 1.29 is 9.53 Å². The Morgan fingerprint density at radius 2 is 2.14 bits per heavy atom. The number of amides is 1. The van der Waals surface area contributed by atoms with Gasteiger partial charge >= 0.3 is 0 Å². The molecular weight excluding hydrogens is 278 g/mol. The van der Waals surface area contributed by atoms with Gasteiger partial charge in [0.25, 0.3) is 0 Å². The fraction of sp³-hybridized carbons (Fsp3) is 0.471. The van der Waals surface area contributed by atoms with Gasteiger partial charge in [-0.3, -0.25) is 9.69 Å². The number of hydrogen-bond acceptors (Lipinski definition) is 3. The summed E-state index contributed by atoms with van der Waals surface area (Å²) >= 11 is 0. The lowest BCUT2D eigenvalue weighted by Crippen LogP contribution is -2.46. The van der Waals surface area contributed by atoms with E-state index < -0.39 is 0 Å². The first-order valence-electron chi connectivity index (χ1n) is 7.78. The van der Waals surface area contributed by atoms with Crippen LogP contribution in [-0.2, 0) is 4.79 Å². The van der Waals surface area contributed by atoms with Crippen LogP contribution in [0.3, 0.4) is 0 Å². The zero-order chi connectivity index (χ0) is 15.7. The van der Waals surface area contributed by atoms with E-state index in [1.807, 2.05) is 13.0 Å². The average molecular weight is 301 g/mol. The summed E-state index contributed by atoms with van der Waals surface area (Å²) in [6, 6.07) is 5.95. The van der Waals surface area contributed by atoms with Gasteiger partial charge < -0.3 is 15.5 Å². The number of carbonyl (C=O) groups excluding carboxylic acids is 1. The van der Waals surface area contributed by atoms with E-state index in [-0.39, 0.29) is 11.9 Å². The Bertz CT molecular complexity index is 672. The molecular formula is C17H23N3O2. The minimum atomic E-state index is -0.240. The molecule has 1 aliphatic heterocycles. The largest absolute Gasteiger partial charge is 0.497 e. The Hall–Kier alpha value is -2.01. The number of piperidine rings is 1. The number of benzene rings is 1. The van der Waals surface area contributed by atoms with E-state index in [0.717, 1.165) is 37.2 Å². The van der Waals surface area contributed by atoms with Crippen LogP contribution < -0.4 is 10.5 Å². The molecule has 0 aliphatic carbocycles. The van der Waals surface area contributed by atoms with Gasteiger partial charge in [0.15, 0.2) is 0 Å². The summed E-state index contributed by atoms with van der Waals surface area (Å²) in [5.41, 5.74) is 7.89. The highest BCUT2D eigenvalue weighted by Crippen LogP contribution is 2.35. The van der Waals surface area contributed by atoms with Crippen LogP contribution in [0.25, 0.3) is 10.9 Å².